The first-order valence-electron chi connectivity index (χ1n) is 6.56. The molecule has 20 heavy (non-hydrogen) atoms. The van der Waals surface area contributed by atoms with Gasteiger partial charge in [0.1, 0.15) is 5.15 Å². The maximum absolute atomic E-state index is 12.6. The summed E-state index contributed by atoms with van der Waals surface area (Å²) >= 11 is 7.51. The van der Waals surface area contributed by atoms with E-state index < -0.39 is 5.69 Å². The fourth-order valence-electron chi connectivity index (χ4n) is 2.75. The zero-order valence-electron chi connectivity index (χ0n) is 10.8. The van der Waals surface area contributed by atoms with E-state index in [0.29, 0.717) is 5.56 Å². The van der Waals surface area contributed by atoms with E-state index in [4.69, 9.17) is 11.6 Å². The van der Waals surface area contributed by atoms with Crippen molar-refractivity contribution < 1.29 is 0 Å². The Labute approximate surface area is 124 Å². The van der Waals surface area contributed by atoms with Crippen molar-refractivity contribution in [2.75, 3.05) is 0 Å². The number of aromatic amines is 1. The van der Waals surface area contributed by atoms with Crippen LogP contribution in [0.2, 0.25) is 5.15 Å². The molecule has 1 aliphatic carbocycles. The Hall–Kier alpha value is -1.40. The van der Waals surface area contributed by atoms with Crippen molar-refractivity contribution in [3.05, 3.63) is 48.1 Å². The maximum atomic E-state index is 12.6. The number of H-pyrrole nitrogens is 1. The molecule has 0 unspecified atom stereocenters. The molecule has 1 aliphatic rings. The van der Waals surface area contributed by atoms with Crippen LogP contribution in [0.3, 0.4) is 0 Å². The second kappa shape index (κ2) is 5.54. The molecule has 0 atom stereocenters. The summed E-state index contributed by atoms with van der Waals surface area (Å²) in [6.45, 7) is 0.246. The molecule has 1 saturated carbocycles. The van der Waals surface area contributed by atoms with E-state index in [2.05, 4.69) is 9.97 Å². The van der Waals surface area contributed by atoms with Crippen LogP contribution in [-0.2, 0) is 6.54 Å². The molecule has 0 radical (unpaired) electrons. The van der Waals surface area contributed by atoms with Crippen LogP contribution >= 0.6 is 22.9 Å². The van der Waals surface area contributed by atoms with Crippen LogP contribution in [0, 0.1) is 0 Å². The summed E-state index contributed by atoms with van der Waals surface area (Å²) in [5.41, 5.74) is 1.52. The van der Waals surface area contributed by atoms with Crippen molar-refractivity contribution in [1.82, 2.24) is 14.5 Å². The normalized spacial score (nSPS) is 15.8. The van der Waals surface area contributed by atoms with Crippen molar-refractivity contribution in [3.8, 4) is 0 Å². The highest BCUT2D eigenvalue weighted by Crippen LogP contribution is 2.34. The molecular formula is C13H14ClN3O2S. The molecule has 3 rings (SSSR count). The Balaban J connectivity index is 2.08. The third-order valence-electron chi connectivity index (χ3n) is 3.73. The highest BCUT2D eigenvalue weighted by atomic mass is 35.5. The average molecular weight is 312 g/mol. The lowest BCUT2D eigenvalue weighted by Crippen LogP contribution is -2.38. The number of hydrogen-bond donors (Lipinski definition) is 1. The van der Waals surface area contributed by atoms with Crippen molar-refractivity contribution in [2.45, 2.75) is 38.1 Å². The van der Waals surface area contributed by atoms with Gasteiger partial charge in [-0.05, 0) is 18.8 Å². The smallest absolute Gasteiger partial charge is 0.297 e. The fraction of sp³-hybridized carbons (Fsp3) is 0.462. The minimum Gasteiger partial charge on any atom is -0.297 e. The van der Waals surface area contributed by atoms with Crippen LogP contribution in [0.1, 0.15) is 42.0 Å². The highest BCUT2D eigenvalue weighted by molar-refractivity contribution is 7.09. The van der Waals surface area contributed by atoms with Crippen LogP contribution in [-0.4, -0.2) is 14.5 Å². The molecule has 1 fully saturated rings. The highest BCUT2D eigenvalue weighted by Gasteiger charge is 2.25. The average Bonchev–Trinajstić information content (AvgIpc) is 3.07. The molecule has 0 aliphatic heterocycles. The first kappa shape index (κ1) is 13.6. The predicted molar refractivity (Wildman–Crippen MR) is 78.8 cm³/mol. The van der Waals surface area contributed by atoms with Crippen LogP contribution in [0.4, 0.5) is 0 Å². The molecule has 0 aromatic carbocycles. The van der Waals surface area contributed by atoms with Gasteiger partial charge in [0, 0.05) is 11.1 Å². The van der Waals surface area contributed by atoms with Gasteiger partial charge in [-0.15, -0.1) is 11.3 Å². The van der Waals surface area contributed by atoms with E-state index in [0.717, 1.165) is 30.6 Å². The zero-order valence-corrected chi connectivity index (χ0v) is 12.3. The van der Waals surface area contributed by atoms with Gasteiger partial charge < -0.3 is 0 Å². The summed E-state index contributed by atoms with van der Waals surface area (Å²) in [5.74, 6) is 0.166. The Morgan fingerprint density at radius 1 is 1.40 bits per heavy atom. The molecule has 2 heterocycles. The van der Waals surface area contributed by atoms with Crippen LogP contribution in [0.15, 0.2) is 21.3 Å². The molecule has 106 valence electrons. The minimum absolute atomic E-state index is 0.166. The van der Waals surface area contributed by atoms with Crippen molar-refractivity contribution in [3.63, 3.8) is 0 Å². The summed E-state index contributed by atoms with van der Waals surface area (Å²) in [6, 6.07) is 0. The van der Waals surface area contributed by atoms with E-state index >= 15 is 0 Å². The van der Waals surface area contributed by atoms with Crippen molar-refractivity contribution >= 4 is 22.9 Å². The van der Waals surface area contributed by atoms with Crippen LogP contribution in [0.5, 0.6) is 0 Å². The van der Waals surface area contributed by atoms with Gasteiger partial charge in [0.2, 0.25) is 0 Å². The molecule has 7 heteroatoms. The lowest BCUT2D eigenvalue weighted by atomic mass is 10.0. The fourth-order valence-corrected chi connectivity index (χ4v) is 3.65. The predicted octanol–water partition coefficient (Wildman–Crippen LogP) is 2.35. The number of hydrogen-bond acceptors (Lipinski definition) is 4. The summed E-state index contributed by atoms with van der Waals surface area (Å²) in [4.78, 5) is 32.0. The van der Waals surface area contributed by atoms with Gasteiger partial charge >= 0.3 is 5.69 Å². The van der Waals surface area contributed by atoms with E-state index in [1.54, 1.807) is 11.7 Å². The third kappa shape index (κ3) is 2.45. The van der Waals surface area contributed by atoms with Gasteiger partial charge in [-0.25, -0.2) is 4.79 Å². The lowest BCUT2D eigenvalue weighted by molar-refractivity contribution is 0.644. The molecule has 0 bridgehead atoms. The topological polar surface area (TPSA) is 67.8 Å². The lowest BCUT2D eigenvalue weighted by Gasteiger charge is -2.12. The van der Waals surface area contributed by atoms with Gasteiger partial charge in [-0.3, -0.25) is 19.3 Å². The van der Waals surface area contributed by atoms with Crippen LogP contribution in [0.25, 0.3) is 0 Å². The van der Waals surface area contributed by atoms with Gasteiger partial charge in [0.05, 0.1) is 17.6 Å². The first-order valence-corrected chi connectivity index (χ1v) is 7.82. The minimum atomic E-state index is -0.463. The van der Waals surface area contributed by atoms with Gasteiger partial charge in [-0.2, -0.15) is 0 Å². The molecule has 2 aromatic heterocycles. The SMILES string of the molecule is O=c1[nH]c(Cl)c(C2CCCC2)c(=O)n1Cc1cncs1. The van der Waals surface area contributed by atoms with Gasteiger partial charge in [0.25, 0.3) is 5.56 Å². The number of nitrogens with one attached hydrogen (secondary N) is 1. The summed E-state index contributed by atoms with van der Waals surface area (Å²) in [6.07, 6.45) is 5.80. The molecule has 2 aromatic rings. The molecule has 5 nitrogen and oxygen atoms in total. The van der Waals surface area contributed by atoms with Gasteiger partial charge in [-0.1, -0.05) is 24.4 Å². The standard InChI is InChI=1S/C13H14ClN3O2S/c14-11-10(8-3-1-2-4-8)12(18)17(13(19)16-11)6-9-5-15-7-20-9/h5,7-8H,1-4,6H2,(H,16,19). The maximum Gasteiger partial charge on any atom is 0.329 e. The van der Waals surface area contributed by atoms with Gasteiger partial charge in [0.15, 0.2) is 0 Å². The summed E-state index contributed by atoms with van der Waals surface area (Å²) in [5, 5.41) is 0.201. The zero-order chi connectivity index (χ0) is 14.1. The Morgan fingerprint density at radius 2 is 2.15 bits per heavy atom. The summed E-state index contributed by atoms with van der Waals surface area (Å²) < 4.78 is 1.22. The Morgan fingerprint density at radius 3 is 2.80 bits per heavy atom. The first-order chi connectivity index (χ1) is 9.66. The number of aromatic nitrogens is 3. The third-order valence-corrected chi connectivity index (χ3v) is 4.80. The second-order valence-corrected chi connectivity index (χ2v) is 6.35. The number of rotatable bonds is 3. The van der Waals surface area contributed by atoms with Crippen LogP contribution < -0.4 is 11.2 Å². The Bertz CT molecular complexity index is 714. The number of halogens is 1. The molecule has 1 N–H and O–H groups in total. The molecule has 0 amide bonds. The number of nitrogens with zero attached hydrogens (tertiary/aromatic N) is 2. The van der Waals surface area contributed by atoms with E-state index in [9.17, 15) is 9.59 Å². The molecule has 0 spiro atoms. The van der Waals surface area contributed by atoms with E-state index in [1.165, 1.54) is 15.9 Å². The number of thiazole rings is 1. The van der Waals surface area contributed by atoms with Crippen molar-refractivity contribution in [1.29, 1.82) is 0 Å². The van der Waals surface area contributed by atoms with E-state index in [1.807, 2.05) is 0 Å². The quantitative estimate of drug-likeness (QED) is 0.885. The van der Waals surface area contributed by atoms with E-state index in [-0.39, 0.29) is 23.2 Å². The largest absolute Gasteiger partial charge is 0.329 e. The Kier molecular flexibility index (Phi) is 3.76. The molecular weight excluding hydrogens is 298 g/mol. The molecule has 0 saturated heterocycles. The van der Waals surface area contributed by atoms with Crippen molar-refractivity contribution in [2.24, 2.45) is 0 Å². The second-order valence-electron chi connectivity index (χ2n) is 5.00. The summed E-state index contributed by atoms with van der Waals surface area (Å²) in [7, 11) is 0. The monoisotopic (exact) mass is 311 g/mol.